The van der Waals surface area contributed by atoms with Crippen LogP contribution in [0.2, 0.25) is 0 Å². The summed E-state index contributed by atoms with van der Waals surface area (Å²) in [5.41, 5.74) is 1.51. The van der Waals surface area contributed by atoms with E-state index in [0.717, 1.165) is 6.07 Å². The predicted molar refractivity (Wildman–Crippen MR) is 89.2 cm³/mol. The molecule has 2 N–H and O–H groups in total. The number of rotatable bonds is 5. The Hall–Kier alpha value is -3.42. The first-order chi connectivity index (χ1) is 12.4. The monoisotopic (exact) mass is 357 g/mol. The second-order valence-corrected chi connectivity index (χ2v) is 5.84. The lowest BCUT2D eigenvalue weighted by Gasteiger charge is -2.22. The highest BCUT2D eigenvalue weighted by Crippen LogP contribution is 2.27. The molecule has 0 spiro atoms. The molecule has 0 bridgehead atoms. The second-order valence-electron chi connectivity index (χ2n) is 5.84. The Morgan fingerprint density at radius 3 is 2.62 bits per heavy atom. The van der Waals surface area contributed by atoms with Crippen LogP contribution >= 0.6 is 0 Å². The van der Waals surface area contributed by atoms with Crippen molar-refractivity contribution in [3.63, 3.8) is 0 Å². The van der Waals surface area contributed by atoms with Crippen LogP contribution in [0.5, 0.6) is 5.75 Å². The van der Waals surface area contributed by atoms with Crippen molar-refractivity contribution in [2.45, 2.75) is 12.5 Å². The lowest BCUT2D eigenvalue weighted by molar-refractivity contribution is -0.139. The van der Waals surface area contributed by atoms with Crippen LogP contribution in [-0.2, 0) is 15.1 Å². The summed E-state index contributed by atoms with van der Waals surface area (Å²) in [6, 6.07) is 13.2. The van der Waals surface area contributed by atoms with Gasteiger partial charge in [-0.1, -0.05) is 36.4 Å². The molecule has 0 radical (unpaired) electrons. The number of ether oxygens (including phenoxy) is 1. The van der Waals surface area contributed by atoms with E-state index < -0.39 is 35.8 Å². The minimum absolute atomic E-state index is 0.159. The average Bonchev–Trinajstić information content (AvgIpc) is 2.85. The van der Waals surface area contributed by atoms with Gasteiger partial charge in [0, 0.05) is 6.07 Å². The van der Waals surface area contributed by atoms with E-state index in [4.69, 9.17) is 4.74 Å². The van der Waals surface area contributed by atoms with Crippen LogP contribution < -0.4 is 15.5 Å². The lowest BCUT2D eigenvalue weighted by atomic mass is 9.92. The SMILES string of the molecule is C[C@]1(c2ccccc2)NC(=O)N(NC(=O)COc2cccc(F)c2)C1=O. The molecule has 134 valence electrons. The first-order valence-electron chi connectivity index (χ1n) is 7.80. The molecule has 1 saturated heterocycles. The van der Waals surface area contributed by atoms with Crippen molar-refractivity contribution in [2.24, 2.45) is 0 Å². The third-order valence-electron chi connectivity index (χ3n) is 3.94. The summed E-state index contributed by atoms with van der Waals surface area (Å²) in [5, 5.41) is 3.18. The Bertz CT molecular complexity index is 859. The number of carbonyl (C=O) groups is 3. The molecule has 2 aromatic rings. The van der Waals surface area contributed by atoms with Crippen molar-refractivity contribution >= 4 is 17.8 Å². The van der Waals surface area contributed by atoms with Gasteiger partial charge in [-0.25, -0.2) is 9.18 Å². The van der Waals surface area contributed by atoms with Gasteiger partial charge in [0.2, 0.25) is 0 Å². The molecule has 3 rings (SSSR count). The second kappa shape index (κ2) is 6.83. The number of nitrogens with one attached hydrogen (secondary N) is 2. The molecule has 1 aliphatic rings. The summed E-state index contributed by atoms with van der Waals surface area (Å²) in [7, 11) is 0. The maximum Gasteiger partial charge on any atom is 0.344 e. The highest BCUT2D eigenvalue weighted by atomic mass is 19.1. The zero-order valence-electron chi connectivity index (χ0n) is 13.9. The highest BCUT2D eigenvalue weighted by Gasteiger charge is 2.49. The van der Waals surface area contributed by atoms with Crippen molar-refractivity contribution < 1.29 is 23.5 Å². The van der Waals surface area contributed by atoms with Gasteiger partial charge in [0.15, 0.2) is 6.61 Å². The smallest absolute Gasteiger partial charge is 0.344 e. The van der Waals surface area contributed by atoms with Crippen molar-refractivity contribution in [3.05, 3.63) is 66.0 Å². The summed E-state index contributed by atoms with van der Waals surface area (Å²) in [6.07, 6.45) is 0. The fraction of sp³-hybridized carbons (Fsp3) is 0.167. The molecule has 1 fully saturated rings. The van der Waals surface area contributed by atoms with Gasteiger partial charge in [0.25, 0.3) is 11.8 Å². The van der Waals surface area contributed by atoms with Gasteiger partial charge in [0.05, 0.1) is 0 Å². The van der Waals surface area contributed by atoms with Crippen molar-refractivity contribution in [1.82, 2.24) is 15.8 Å². The average molecular weight is 357 g/mol. The maximum absolute atomic E-state index is 13.1. The molecule has 0 aliphatic carbocycles. The Morgan fingerprint density at radius 2 is 1.92 bits per heavy atom. The van der Waals surface area contributed by atoms with E-state index in [1.54, 1.807) is 37.3 Å². The summed E-state index contributed by atoms with van der Waals surface area (Å²) in [4.78, 5) is 36.7. The van der Waals surface area contributed by atoms with Crippen LogP contribution in [0.4, 0.5) is 9.18 Å². The zero-order valence-corrected chi connectivity index (χ0v) is 13.9. The van der Waals surface area contributed by atoms with E-state index in [0.29, 0.717) is 10.6 Å². The van der Waals surface area contributed by atoms with E-state index in [9.17, 15) is 18.8 Å². The number of urea groups is 1. The number of imide groups is 1. The van der Waals surface area contributed by atoms with Gasteiger partial charge in [-0.2, -0.15) is 5.01 Å². The zero-order chi connectivity index (χ0) is 18.7. The number of hydrogen-bond acceptors (Lipinski definition) is 4. The summed E-state index contributed by atoms with van der Waals surface area (Å²) in [5.74, 6) is -1.69. The van der Waals surface area contributed by atoms with Gasteiger partial charge < -0.3 is 10.1 Å². The van der Waals surface area contributed by atoms with Crippen LogP contribution in [0.3, 0.4) is 0 Å². The van der Waals surface area contributed by atoms with Crippen LogP contribution in [0.1, 0.15) is 12.5 Å². The number of hydrogen-bond donors (Lipinski definition) is 2. The molecule has 7 nitrogen and oxygen atoms in total. The molecule has 0 aromatic heterocycles. The molecule has 8 heteroatoms. The highest BCUT2D eigenvalue weighted by molar-refractivity contribution is 6.08. The minimum atomic E-state index is -1.28. The summed E-state index contributed by atoms with van der Waals surface area (Å²) >= 11 is 0. The van der Waals surface area contributed by atoms with Crippen molar-refractivity contribution in [1.29, 1.82) is 0 Å². The first kappa shape index (κ1) is 17.4. The number of benzene rings is 2. The Balaban J connectivity index is 1.65. The topological polar surface area (TPSA) is 87.7 Å². The van der Waals surface area contributed by atoms with Crippen LogP contribution in [0, 0.1) is 5.82 Å². The van der Waals surface area contributed by atoms with Crippen LogP contribution in [-0.4, -0.2) is 29.5 Å². The molecule has 4 amide bonds. The number of hydrazine groups is 1. The predicted octanol–water partition coefficient (Wildman–Crippen LogP) is 1.70. The molecule has 0 saturated carbocycles. The van der Waals surface area contributed by atoms with E-state index in [1.165, 1.54) is 18.2 Å². The normalized spacial score (nSPS) is 19.2. The van der Waals surface area contributed by atoms with E-state index in [2.05, 4.69) is 10.7 Å². The van der Waals surface area contributed by atoms with Gasteiger partial charge in [-0.3, -0.25) is 15.0 Å². The van der Waals surface area contributed by atoms with Crippen molar-refractivity contribution in [2.75, 3.05) is 6.61 Å². The third-order valence-corrected chi connectivity index (χ3v) is 3.94. The first-order valence-corrected chi connectivity index (χ1v) is 7.80. The third kappa shape index (κ3) is 3.34. The molecular formula is C18H16FN3O4. The number of nitrogens with zero attached hydrogens (tertiary/aromatic N) is 1. The van der Waals surface area contributed by atoms with Gasteiger partial charge in [-0.15, -0.1) is 0 Å². The number of carbonyl (C=O) groups excluding carboxylic acids is 3. The summed E-state index contributed by atoms with van der Waals surface area (Å²) in [6.45, 7) is 1.07. The Morgan fingerprint density at radius 1 is 1.19 bits per heavy atom. The lowest BCUT2D eigenvalue weighted by Crippen LogP contribution is -2.49. The van der Waals surface area contributed by atoms with E-state index in [1.807, 2.05) is 0 Å². The largest absolute Gasteiger partial charge is 0.484 e. The Kier molecular flexibility index (Phi) is 4.57. The van der Waals surface area contributed by atoms with Crippen LogP contribution in [0.15, 0.2) is 54.6 Å². The Labute approximate surface area is 148 Å². The van der Waals surface area contributed by atoms with Gasteiger partial charge in [-0.05, 0) is 24.6 Å². The van der Waals surface area contributed by atoms with E-state index >= 15 is 0 Å². The number of amides is 4. The molecule has 1 atom stereocenters. The molecule has 1 heterocycles. The fourth-order valence-electron chi connectivity index (χ4n) is 2.57. The van der Waals surface area contributed by atoms with Gasteiger partial charge in [0.1, 0.15) is 17.1 Å². The molecule has 2 aromatic carbocycles. The maximum atomic E-state index is 13.1. The molecule has 0 unspecified atom stereocenters. The quantitative estimate of drug-likeness (QED) is 0.798. The molecule has 1 aliphatic heterocycles. The summed E-state index contributed by atoms with van der Waals surface area (Å²) < 4.78 is 18.2. The van der Waals surface area contributed by atoms with Gasteiger partial charge >= 0.3 is 6.03 Å². The van der Waals surface area contributed by atoms with Crippen LogP contribution in [0.25, 0.3) is 0 Å². The number of halogens is 1. The molecule has 26 heavy (non-hydrogen) atoms. The standard InChI is InChI=1S/C18H16FN3O4/c1-18(12-6-3-2-4-7-12)16(24)22(17(25)20-18)21-15(23)11-26-14-9-5-8-13(19)10-14/h2-10H,11H2,1H3,(H,20,25)(H,21,23)/t18-/m1/s1. The molecular weight excluding hydrogens is 341 g/mol. The van der Waals surface area contributed by atoms with E-state index in [-0.39, 0.29) is 5.75 Å². The minimum Gasteiger partial charge on any atom is -0.484 e. The van der Waals surface area contributed by atoms with Crippen molar-refractivity contribution in [3.8, 4) is 5.75 Å². The fourth-order valence-corrected chi connectivity index (χ4v) is 2.57.